The predicted molar refractivity (Wildman–Crippen MR) is 89.0 cm³/mol. The van der Waals surface area contributed by atoms with E-state index in [1.807, 2.05) is 0 Å². The van der Waals surface area contributed by atoms with E-state index in [0.29, 0.717) is 5.82 Å². The minimum Gasteiger partial charge on any atom is -0.449 e. The molecule has 1 saturated carbocycles. The molecule has 2 heterocycles. The number of amides is 1. The minimum absolute atomic E-state index is 0.186. The average molecular weight is 343 g/mol. The molecule has 1 atom stereocenters. The van der Waals surface area contributed by atoms with Crippen molar-refractivity contribution in [3.05, 3.63) is 36.5 Å². The van der Waals surface area contributed by atoms with Crippen LogP contribution in [-0.2, 0) is 9.53 Å². The third kappa shape index (κ3) is 4.40. The van der Waals surface area contributed by atoms with Crippen molar-refractivity contribution >= 4 is 11.9 Å². The highest BCUT2D eigenvalue weighted by atomic mass is 16.5. The molecule has 3 rings (SSSR count). The summed E-state index contributed by atoms with van der Waals surface area (Å²) in [5.74, 6) is -0.298. The molecule has 1 fully saturated rings. The lowest BCUT2D eigenvalue weighted by Gasteiger charge is -2.24. The highest BCUT2D eigenvalue weighted by molar-refractivity contribution is 5.92. The third-order valence-corrected chi connectivity index (χ3v) is 4.24. The summed E-state index contributed by atoms with van der Waals surface area (Å²) in [5, 5.41) is 6.91. The number of carbonyl (C=O) groups is 2. The first-order chi connectivity index (χ1) is 12.1. The van der Waals surface area contributed by atoms with E-state index >= 15 is 0 Å². The van der Waals surface area contributed by atoms with Crippen LogP contribution in [0.4, 0.5) is 0 Å². The van der Waals surface area contributed by atoms with E-state index in [4.69, 9.17) is 4.74 Å². The molecule has 1 aliphatic rings. The molecule has 1 unspecified atom stereocenters. The fraction of sp³-hybridized carbons (Fsp3) is 0.471. The monoisotopic (exact) mass is 343 g/mol. The Kier molecular flexibility index (Phi) is 5.37. The lowest BCUT2D eigenvalue weighted by molar-refractivity contribution is -0.130. The molecular weight excluding hydrogens is 322 g/mol. The van der Waals surface area contributed by atoms with E-state index in [2.05, 4.69) is 20.4 Å². The fourth-order valence-electron chi connectivity index (χ4n) is 2.82. The summed E-state index contributed by atoms with van der Waals surface area (Å²) in [6.45, 7) is 1.58. The van der Waals surface area contributed by atoms with E-state index in [1.165, 1.54) is 30.0 Å². The van der Waals surface area contributed by atoms with Gasteiger partial charge in [0.25, 0.3) is 5.91 Å². The second kappa shape index (κ2) is 7.87. The molecule has 2 aromatic heterocycles. The molecule has 132 valence electrons. The second-order valence-corrected chi connectivity index (χ2v) is 6.14. The molecule has 0 radical (unpaired) electrons. The zero-order valence-electron chi connectivity index (χ0n) is 14.1. The summed E-state index contributed by atoms with van der Waals surface area (Å²) in [5.41, 5.74) is 0.279. The number of pyridine rings is 1. The van der Waals surface area contributed by atoms with E-state index in [9.17, 15) is 9.59 Å². The zero-order valence-corrected chi connectivity index (χ0v) is 14.1. The molecule has 1 amide bonds. The Morgan fingerprint density at radius 2 is 2.08 bits per heavy atom. The van der Waals surface area contributed by atoms with Crippen LogP contribution in [0.1, 0.15) is 49.4 Å². The first-order valence-electron chi connectivity index (χ1n) is 8.46. The molecule has 0 bridgehead atoms. The number of aromatic nitrogens is 4. The van der Waals surface area contributed by atoms with Gasteiger partial charge in [0, 0.05) is 12.2 Å². The van der Waals surface area contributed by atoms with Crippen LogP contribution < -0.4 is 5.32 Å². The Morgan fingerprint density at radius 3 is 2.72 bits per heavy atom. The molecule has 25 heavy (non-hydrogen) atoms. The van der Waals surface area contributed by atoms with Crippen LogP contribution in [0.2, 0.25) is 0 Å². The Hall–Kier alpha value is -2.77. The molecule has 8 heteroatoms. The van der Waals surface area contributed by atoms with Crippen molar-refractivity contribution in [2.45, 2.75) is 51.2 Å². The molecule has 0 aliphatic heterocycles. The Balaban J connectivity index is 1.54. The zero-order chi connectivity index (χ0) is 17.6. The molecule has 0 spiro atoms. The summed E-state index contributed by atoms with van der Waals surface area (Å²) < 4.78 is 6.73. The number of nitrogens with one attached hydrogen (secondary N) is 1. The van der Waals surface area contributed by atoms with Crippen molar-refractivity contribution in [1.82, 2.24) is 25.1 Å². The summed E-state index contributed by atoms with van der Waals surface area (Å²) in [6.07, 6.45) is 8.91. The van der Waals surface area contributed by atoms with E-state index in [0.717, 1.165) is 25.7 Å². The Labute approximate surface area is 145 Å². The number of hydrogen-bond acceptors (Lipinski definition) is 6. The number of hydrogen-bond donors (Lipinski definition) is 1. The highest BCUT2D eigenvalue weighted by Crippen LogP contribution is 2.17. The van der Waals surface area contributed by atoms with Crippen molar-refractivity contribution in [2.24, 2.45) is 0 Å². The van der Waals surface area contributed by atoms with E-state index < -0.39 is 12.1 Å². The van der Waals surface area contributed by atoms with Gasteiger partial charge in [-0.25, -0.2) is 19.4 Å². The summed E-state index contributed by atoms with van der Waals surface area (Å²) in [7, 11) is 0. The molecule has 1 N–H and O–H groups in total. The standard InChI is InChI=1S/C17H21N5O3/c1-12(16(23)21-14-5-3-2-4-6-14)25-17(24)13-7-8-15(19-9-13)22-11-18-10-20-22/h7-12,14H,2-6H2,1H3,(H,21,23). The van der Waals surface area contributed by atoms with E-state index in [1.54, 1.807) is 19.1 Å². The maximum atomic E-state index is 12.2. The van der Waals surface area contributed by atoms with Gasteiger partial charge in [0.1, 0.15) is 12.7 Å². The largest absolute Gasteiger partial charge is 0.449 e. The smallest absolute Gasteiger partial charge is 0.340 e. The normalized spacial score (nSPS) is 16.2. The van der Waals surface area contributed by atoms with Crippen LogP contribution in [0.3, 0.4) is 0 Å². The molecule has 0 aromatic carbocycles. The molecular formula is C17H21N5O3. The van der Waals surface area contributed by atoms with Crippen LogP contribution in [0.15, 0.2) is 31.0 Å². The maximum Gasteiger partial charge on any atom is 0.340 e. The van der Waals surface area contributed by atoms with Gasteiger partial charge in [-0.3, -0.25) is 4.79 Å². The number of rotatable bonds is 5. The van der Waals surface area contributed by atoms with Crippen LogP contribution >= 0.6 is 0 Å². The van der Waals surface area contributed by atoms with Crippen LogP contribution in [0.25, 0.3) is 5.82 Å². The van der Waals surface area contributed by atoms with E-state index in [-0.39, 0.29) is 17.5 Å². The summed E-state index contributed by atoms with van der Waals surface area (Å²) in [4.78, 5) is 32.3. The quantitative estimate of drug-likeness (QED) is 0.829. The molecule has 2 aromatic rings. The number of nitrogens with zero attached hydrogens (tertiary/aromatic N) is 4. The SMILES string of the molecule is CC(OC(=O)c1ccc(-n2cncn2)nc1)C(=O)NC1CCCCC1. The van der Waals surface area contributed by atoms with Crippen LogP contribution in [-0.4, -0.2) is 43.8 Å². The molecule has 1 aliphatic carbocycles. The first-order valence-corrected chi connectivity index (χ1v) is 8.46. The summed E-state index contributed by atoms with van der Waals surface area (Å²) >= 11 is 0. The minimum atomic E-state index is -0.843. The predicted octanol–water partition coefficient (Wildman–Crippen LogP) is 1.66. The Morgan fingerprint density at radius 1 is 1.28 bits per heavy atom. The third-order valence-electron chi connectivity index (χ3n) is 4.24. The van der Waals surface area contributed by atoms with Gasteiger partial charge in [-0.2, -0.15) is 5.10 Å². The average Bonchev–Trinajstić information content (AvgIpc) is 3.17. The van der Waals surface area contributed by atoms with Crippen LogP contribution in [0, 0.1) is 0 Å². The number of carbonyl (C=O) groups excluding carboxylic acids is 2. The van der Waals surface area contributed by atoms with Crippen molar-refractivity contribution in [1.29, 1.82) is 0 Å². The van der Waals surface area contributed by atoms with Gasteiger partial charge in [0.2, 0.25) is 0 Å². The van der Waals surface area contributed by atoms with Crippen molar-refractivity contribution in [3.8, 4) is 5.82 Å². The van der Waals surface area contributed by atoms with Gasteiger partial charge in [-0.15, -0.1) is 0 Å². The van der Waals surface area contributed by atoms with Crippen molar-refractivity contribution in [2.75, 3.05) is 0 Å². The van der Waals surface area contributed by atoms with Crippen molar-refractivity contribution < 1.29 is 14.3 Å². The maximum absolute atomic E-state index is 12.2. The summed E-state index contributed by atoms with van der Waals surface area (Å²) in [6, 6.07) is 3.40. The molecule has 8 nitrogen and oxygen atoms in total. The Bertz CT molecular complexity index is 708. The van der Waals surface area contributed by atoms with Crippen LogP contribution in [0.5, 0.6) is 0 Å². The van der Waals surface area contributed by atoms with Crippen molar-refractivity contribution in [3.63, 3.8) is 0 Å². The van der Waals surface area contributed by atoms with Gasteiger partial charge in [0.15, 0.2) is 11.9 Å². The number of esters is 1. The molecule has 0 saturated heterocycles. The first kappa shape index (κ1) is 17.1. The second-order valence-electron chi connectivity index (χ2n) is 6.14. The van der Waals surface area contributed by atoms with Gasteiger partial charge in [-0.1, -0.05) is 19.3 Å². The topological polar surface area (TPSA) is 99.0 Å². The number of ether oxygens (including phenoxy) is 1. The lowest BCUT2D eigenvalue weighted by Crippen LogP contribution is -2.42. The highest BCUT2D eigenvalue weighted by Gasteiger charge is 2.23. The van der Waals surface area contributed by atoms with Gasteiger partial charge in [0.05, 0.1) is 5.56 Å². The van der Waals surface area contributed by atoms with Gasteiger partial charge < -0.3 is 10.1 Å². The lowest BCUT2D eigenvalue weighted by atomic mass is 9.95. The van der Waals surface area contributed by atoms with Gasteiger partial charge in [-0.05, 0) is 31.9 Å². The van der Waals surface area contributed by atoms with Gasteiger partial charge >= 0.3 is 5.97 Å². The fourth-order valence-corrected chi connectivity index (χ4v) is 2.82.